The van der Waals surface area contributed by atoms with E-state index in [9.17, 15) is 14.4 Å². The lowest BCUT2D eigenvalue weighted by atomic mass is 9.74. The average Bonchev–Trinajstić information content (AvgIpc) is 2.84. The van der Waals surface area contributed by atoms with Gasteiger partial charge in [0.2, 0.25) is 5.91 Å². The van der Waals surface area contributed by atoms with Crippen LogP contribution in [0.1, 0.15) is 45.1 Å². The highest BCUT2D eigenvalue weighted by Crippen LogP contribution is 2.44. The van der Waals surface area contributed by atoms with Gasteiger partial charge in [-0.05, 0) is 38.3 Å². The highest BCUT2D eigenvalue weighted by atomic mass is 16.5. The van der Waals surface area contributed by atoms with Crippen LogP contribution in [0.25, 0.3) is 0 Å². The lowest BCUT2D eigenvalue weighted by molar-refractivity contribution is -0.143. The molecule has 1 N–H and O–H groups in total. The van der Waals surface area contributed by atoms with E-state index in [2.05, 4.69) is 5.32 Å². The number of benzene rings is 1. The summed E-state index contributed by atoms with van der Waals surface area (Å²) in [7, 11) is 0. The van der Waals surface area contributed by atoms with Crippen molar-refractivity contribution in [2.75, 3.05) is 18.5 Å². The first kappa shape index (κ1) is 18.0. The summed E-state index contributed by atoms with van der Waals surface area (Å²) >= 11 is 0. The van der Waals surface area contributed by atoms with Crippen LogP contribution in [0.15, 0.2) is 24.3 Å². The van der Waals surface area contributed by atoms with Crippen molar-refractivity contribution in [2.24, 2.45) is 0 Å². The maximum Gasteiger partial charge on any atom is 0.305 e. The minimum absolute atomic E-state index is 0.123. The van der Waals surface area contributed by atoms with E-state index >= 15 is 0 Å². The van der Waals surface area contributed by atoms with Gasteiger partial charge in [0, 0.05) is 18.5 Å². The number of anilines is 1. The molecule has 1 amide bonds. The number of carbonyl (C=O) groups excluding carboxylic acids is 3. The molecule has 0 unspecified atom stereocenters. The molecule has 0 fully saturated rings. The number of fused-ring (bicyclic) bond motifs is 1. The third-order valence-corrected chi connectivity index (χ3v) is 4.25. The van der Waals surface area contributed by atoms with E-state index in [1.165, 1.54) is 0 Å². The second kappa shape index (κ2) is 7.95. The summed E-state index contributed by atoms with van der Waals surface area (Å²) in [5, 5.41) is 2.86. The van der Waals surface area contributed by atoms with Crippen LogP contribution in [0, 0.1) is 0 Å². The maximum atomic E-state index is 12.7. The summed E-state index contributed by atoms with van der Waals surface area (Å²) in [4.78, 5) is 36.2. The SMILES string of the molecule is CCOC(=O)CCC1(CCC(=O)OCC)C(=O)Nc2ccccc21. The number of esters is 2. The van der Waals surface area contributed by atoms with Crippen LogP contribution in [0.3, 0.4) is 0 Å². The van der Waals surface area contributed by atoms with Gasteiger partial charge in [-0.2, -0.15) is 0 Å². The number of hydrogen-bond donors (Lipinski definition) is 1. The van der Waals surface area contributed by atoms with Crippen LogP contribution in [0.5, 0.6) is 0 Å². The number of carbonyl (C=O) groups is 3. The normalized spacial score (nSPS) is 14.7. The second-order valence-corrected chi connectivity index (χ2v) is 5.69. The number of hydrogen-bond acceptors (Lipinski definition) is 5. The quantitative estimate of drug-likeness (QED) is 0.739. The predicted octanol–water partition coefficient (Wildman–Crippen LogP) is 2.56. The van der Waals surface area contributed by atoms with Gasteiger partial charge >= 0.3 is 11.9 Å². The Morgan fingerprint density at radius 1 is 1.00 bits per heavy atom. The van der Waals surface area contributed by atoms with Gasteiger partial charge in [-0.25, -0.2) is 0 Å². The van der Waals surface area contributed by atoms with Crippen molar-refractivity contribution in [1.82, 2.24) is 0 Å². The van der Waals surface area contributed by atoms with Crippen LogP contribution < -0.4 is 5.32 Å². The van der Waals surface area contributed by atoms with E-state index in [1.54, 1.807) is 13.8 Å². The summed E-state index contributed by atoms with van der Waals surface area (Å²) < 4.78 is 9.94. The third-order valence-electron chi connectivity index (χ3n) is 4.25. The molecule has 1 aliphatic rings. The monoisotopic (exact) mass is 333 g/mol. The molecule has 6 heteroatoms. The van der Waals surface area contributed by atoms with Crippen LogP contribution in [0.2, 0.25) is 0 Å². The fourth-order valence-corrected chi connectivity index (χ4v) is 3.09. The van der Waals surface area contributed by atoms with E-state index in [4.69, 9.17) is 9.47 Å². The molecule has 0 aromatic heterocycles. The van der Waals surface area contributed by atoms with Crippen molar-refractivity contribution < 1.29 is 23.9 Å². The van der Waals surface area contributed by atoms with E-state index in [0.29, 0.717) is 26.1 Å². The van der Waals surface area contributed by atoms with Gasteiger partial charge in [-0.1, -0.05) is 18.2 Å². The number of ether oxygens (including phenoxy) is 2. The molecule has 1 aromatic rings. The van der Waals surface area contributed by atoms with Gasteiger partial charge in [0.25, 0.3) is 0 Å². The zero-order chi connectivity index (χ0) is 17.6. The van der Waals surface area contributed by atoms with Crippen molar-refractivity contribution in [1.29, 1.82) is 0 Å². The molecule has 0 aliphatic carbocycles. The first-order valence-electron chi connectivity index (χ1n) is 8.25. The molecule has 0 saturated heterocycles. The van der Waals surface area contributed by atoms with Gasteiger partial charge in [-0.15, -0.1) is 0 Å². The zero-order valence-electron chi connectivity index (χ0n) is 14.1. The lowest BCUT2D eigenvalue weighted by Crippen LogP contribution is -2.36. The maximum absolute atomic E-state index is 12.7. The van der Waals surface area contributed by atoms with Crippen molar-refractivity contribution in [3.8, 4) is 0 Å². The Morgan fingerprint density at radius 3 is 2.08 bits per heavy atom. The molecular formula is C18H23NO5. The molecule has 6 nitrogen and oxygen atoms in total. The van der Waals surface area contributed by atoms with Gasteiger partial charge in [0.05, 0.1) is 18.6 Å². The summed E-state index contributed by atoms with van der Waals surface area (Å²) in [6.07, 6.45) is 0.846. The first-order chi connectivity index (χ1) is 11.5. The second-order valence-electron chi connectivity index (χ2n) is 5.69. The minimum atomic E-state index is -0.907. The van der Waals surface area contributed by atoms with E-state index in [1.807, 2.05) is 24.3 Å². The number of para-hydroxylation sites is 1. The lowest BCUT2D eigenvalue weighted by Gasteiger charge is -2.27. The molecule has 24 heavy (non-hydrogen) atoms. The van der Waals surface area contributed by atoms with Crippen LogP contribution in [0.4, 0.5) is 5.69 Å². The Hall–Kier alpha value is -2.37. The van der Waals surface area contributed by atoms with Gasteiger partial charge in [0.15, 0.2) is 0 Å². The number of rotatable bonds is 8. The smallest absolute Gasteiger partial charge is 0.305 e. The van der Waals surface area contributed by atoms with Crippen molar-refractivity contribution in [2.45, 2.75) is 44.9 Å². The molecule has 0 spiro atoms. The van der Waals surface area contributed by atoms with Gasteiger partial charge in [0.1, 0.15) is 0 Å². The molecule has 1 aromatic carbocycles. The molecular weight excluding hydrogens is 310 g/mol. The highest BCUT2D eigenvalue weighted by molar-refractivity contribution is 6.06. The average molecular weight is 333 g/mol. The van der Waals surface area contributed by atoms with Crippen molar-refractivity contribution >= 4 is 23.5 Å². The number of amides is 1. The third kappa shape index (κ3) is 3.75. The summed E-state index contributed by atoms with van der Waals surface area (Å²) in [5.74, 6) is -0.868. The topological polar surface area (TPSA) is 81.7 Å². The van der Waals surface area contributed by atoms with Crippen LogP contribution in [-0.2, 0) is 29.3 Å². The summed E-state index contributed by atoms with van der Waals surface area (Å²) in [6.45, 7) is 4.09. The molecule has 0 bridgehead atoms. The summed E-state index contributed by atoms with van der Waals surface area (Å²) in [6, 6.07) is 7.38. The van der Waals surface area contributed by atoms with Crippen LogP contribution in [-0.4, -0.2) is 31.1 Å². The zero-order valence-corrected chi connectivity index (χ0v) is 14.1. The molecule has 1 heterocycles. The molecule has 0 atom stereocenters. The minimum Gasteiger partial charge on any atom is -0.466 e. The van der Waals surface area contributed by atoms with E-state index in [0.717, 1.165) is 11.3 Å². The van der Waals surface area contributed by atoms with Gasteiger partial charge < -0.3 is 14.8 Å². The fraction of sp³-hybridized carbons (Fsp3) is 0.500. The Morgan fingerprint density at radius 2 is 1.54 bits per heavy atom. The van der Waals surface area contributed by atoms with E-state index < -0.39 is 5.41 Å². The van der Waals surface area contributed by atoms with Gasteiger partial charge in [-0.3, -0.25) is 14.4 Å². The molecule has 2 rings (SSSR count). The Balaban J connectivity index is 2.23. The van der Waals surface area contributed by atoms with Crippen molar-refractivity contribution in [3.05, 3.63) is 29.8 Å². The fourth-order valence-electron chi connectivity index (χ4n) is 3.09. The molecule has 1 aliphatic heterocycles. The highest BCUT2D eigenvalue weighted by Gasteiger charge is 2.46. The first-order valence-corrected chi connectivity index (χ1v) is 8.25. The van der Waals surface area contributed by atoms with Crippen LogP contribution >= 0.6 is 0 Å². The number of nitrogens with one attached hydrogen (secondary N) is 1. The largest absolute Gasteiger partial charge is 0.466 e. The van der Waals surface area contributed by atoms with Crippen molar-refractivity contribution in [3.63, 3.8) is 0 Å². The summed E-state index contributed by atoms with van der Waals surface area (Å²) in [5.41, 5.74) is 0.648. The Labute approximate surface area is 141 Å². The standard InChI is InChI=1S/C18H23NO5/c1-3-23-15(20)9-11-18(12-10-16(21)24-4-2)13-7-5-6-8-14(13)19-17(18)22/h5-8H,3-4,9-12H2,1-2H3,(H,19,22). The molecule has 0 radical (unpaired) electrons. The molecule has 130 valence electrons. The Bertz CT molecular complexity index is 604. The predicted molar refractivity (Wildman–Crippen MR) is 88.5 cm³/mol. The molecule has 0 saturated carbocycles. The van der Waals surface area contributed by atoms with E-state index in [-0.39, 0.29) is 30.7 Å². The Kier molecular flexibility index (Phi) is 5.95.